The highest BCUT2D eigenvalue weighted by atomic mass is 16.2. The number of amides is 1. The number of pyridine rings is 1. The molecule has 0 spiro atoms. The molecule has 1 aromatic heterocycles. The van der Waals surface area contributed by atoms with Crippen LogP contribution in [-0.2, 0) is 0 Å². The molecule has 1 aliphatic heterocycles. The third-order valence-corrected chi connectivity index (χ3v) is 4.21. The standard InChI is InChI=1S/C16H20N4O/c1-10-7-11(2)20(9-10)16(21)14-8-18-15(19-17)13-6-4-3-5-12(13)14/h3-6,8,10-11H,7,9,17H2,1-2H3,(H,18,19). The molecule has 1 aromatic carbocycles. The van der Waals surface area contributed by atoms with Gasteiger partial charge in [-0.2, -0.15) is 0 Å². The van der Waals surface area contributed by atoms with Crippen molar-refractivity contribution in [3.05, 3.63) is 36.0 Å². The Morgan fingerprint density at radius 3 is 2.67 bits per heavy atom. The molecule has 21 heavy (non-hydrogen) atoms. The molecular weight excluding hydrogens is 264 g/mol. The van der Waals surface area contributed by atoms with E-state index >= 15 is 0 Å². The molecule has 3 rings (SSSR count). The van der Waals surface area contributed by atoms with Crippen molar-refractivity contribution in [3.8, 4) is 0 Å². The molecule has 1 fully saturated rings. The Hall–Kier alpha value is -2.14. The summed E-state index contributed by atoms with van der Waals surface area (Å²) in [6.07, 6.45) is 2.68. The number of nitrogens with one attached hydrogen (secondary N) is 1. The second-order valence-corrected chi connectivity index (χ2v) is 5.86. The Balaban J connectivity index is 2.07. The summed E-state index contributed by atoms with van der Waals surface area (Å²) in [5, 5.41) is 1.75. The van der Waals surface area contributed by atoms with Gasteiger partial charge >= 0.3 is 0 Å². The number of aromatic nitrogens is 1. The first-order valence-corrected chi connectivity index (χ1v) is 7.27. The minimum absolute atomic E-state index is 0.0547. The quantitative estimate of drug-likeness (QED) is 0.656. The molecule has 0 aliphatic carbocycles. The van der Waals surface area contributed by atoms with E-state index < -0.39 is 0 Å². The number of nitrogens with two attached hydrogens (primary N) is 1. The summed E-state index contributed by atoms with van der Waals surface area (Å²) >= 11 is 0. The maximum absolute atomic E-state index is 12.9. The number of anilines is 1. The third kappa shape index (κ3) is 2.34. The topological polar surface area (TPSA) is 71.2 Å². The van der Waals surface area contributed by atoms with Crippen molar-refractivity contribution in [1.29, 1.82) is 0 Å². The summed E-state index contributed by atoms with van der Waals surface area (Å²) in [4.78, 5) is 19.1. The lowest BCUT2D eigenvalue weighted by Crippen LogP contribution is -2.34. The highest BCUT2D eigenvalue weighted by Gasteiger charge is 2.31. The molecule has 2 unspecified atom stereocenters. The van der Waals surface area contributed by atoms with E-state index in [1.165, 1.54) is 0 Å². The summed E-state index contributed by atoms with van der Waals surface area (Å²) in [6, 6.07) is 7.98. The lowest BCUT2D eigenvalue weighted by Gasteiger charge is -2.22. The molecule has 1 aliphatic rings. The molecule has 110 valence electrons. The van der Waals surface area contributed by atoms with Crippen LogP contribution in [0.15, 0.2) is 30.5 Å². The number of fused-ring (bicyclic) bond motifs is 1. The molecule has 2 heterocycles. The van der Waals surface area contributed by atoms with E-state index in [2.05, 4.69) is 24.3 Å². The summed E-state index contributed by atoms with van der Waals surface area (Å²) in [7, 11) is 0. The molecule has 0 radical (unpaired) electrons. The van der Waals surface area contributed by atoms with Gasteiger partial charge in [-0.1, -0.05) is 31.2 Å². The number of hydrazine groups is 1. The molecule has 5 heteroatoms. The Kier molecular flexibility index (Phi) is 3.51. The van der Waals surface area contributed by atoms with Crippen molar-refractivity contribution in [3.63, 3.8) is 0 Å². The number of benzene rings is 1. The van der Waals surface area contributed by atoms with Gasteiger partial charge in [-0.05, 0) is 24.6 Å². The Bertz CT molecular complexity index is 685. The van der Waals surface area contributed by atoms with Crippen molar-refractivity contribution >= 4 is 22.5 Å². The summed E-state index contributed by atoms with van der Waals surface area (Å²) in [5.41, 5.74) is 3.23. The minimum atomic E-state index is 0.0547. The Morgan fingerprint density at radius 2 is 2.05 bits per heavy atom. The molecule has 1 saturated heterocycles. The predicted molar refractivity (Wildman–Crippen MR) is 83.8 cm³/mol. The van der Waals surface area contributed by atoms with Crippen molar-refractivity contribution in [2.75, 3.05) is 12.0 Å². The van der Waals surface area contributed by atoms with Crippen LogP contribution < -0.4 is 11.3 Å². The number of carbonyl (C=O) groups excluding carboxylic acids is 1. The van der Waals surface area contributed by atoms with Gasteiger partial charge in [0.05, 0.1) is 5.56 Å². The fourth-order valence-electron chi connectivity index (χ4n) is 3.22. The van der Waals surface area contributed by atoms with Crippen LogP contribution >= 0.6 is 0 Å². The predicted octanol–water partition coefficient (Wildman–Crippen LogP) is 2.39. The van der Waals surface area contributed by atoms with Crippen LogP contribution in [0.5, 0.6) is 0 Å². The Morgan fingerprint density at radius 1 is 1.33 bits per heavy atom. The third-order valence-electron chi connectivity index (χ3n) is 4.21. The van der Waals surface area contributed by atoms with Crippen molar-refractivity contribution in [1.82, 2.24) is 9.88 Å². The van der Waals surface area contributed by atoms with Crippen molar-refractivity contribution < 1.29 is 4.79 Å². The molecule has 2 atom stereocenters. The van der Waals surface area contributed by atoms with Gasteiger partial charge < -0.3 is 10.3 Å². The van der Waals surface area contributed by atoms with E-state index in [0.717, 1.165) is 23.7 Å². The first kappa shape index (κ1) is 13.8. The second kappa shape index (κ2) is 5.33. The van der Waals surface area contributed by atoms with Crippen LogP contribution in [0.25, 0.3) is 10.8 Å². The average molecular weight is 284 g/mol. The highest BCUT2D eigenvalue weighted by Crippen LogP contribution is 2.28. The SMILES string of the molecule is CC1CC(C)N(C(=O)c2cnc(NN)c3ccccc23)C1. The lowest BCUT2D eigenvalue weighted by atomic mass is 10.1. The number of hydrogen-bond acceptors (Lipinski definition) is 4. The zero-order chi connectivity index (χ0) is 15.0. The minimum Gasteiger partial charge on any atom is -0.336 e. The number of likely N-dealkylation sites (tertiary alicyclic amines) is 1. The van der Waals surface area contributed by atoms with Gasteiger partial charge in [-0.25, -0.2) is 10.8 Å². The Labute approximate surface area is 124 Å². The van der Waals surface area contributed by atoms with E-state index in [1.807, 2.05) is 29.2 Å². The second-order valence-electron chi connectivity index (χ2n) is 5.86. The van der Waals surface area contributed by atoms with E-state index in [9.17, 15) is 4.79 Å². The smallest absolute Gasteiger partial charge is 0.256 e. The van der Waals surface area contributed by atoms with E-state index in [-0.39, 0.29) is 11.9 Å². The van der Waals surface area contributed by atoms with Gasteiger partial charge in [-0.3, -0.25) is 4.79 Å². The van der Waals surface area contributed by atoms with Crippen LogP contribution in [0.2, 0.25) is 0 Å². The fraction of sp³-hybridized carbons (Fsp3) is 0.375. The van der Waals surface area contributed by atoms with Crippen molar-refractivity contribution in [2.45, 2.75) is 26.3 Å². The maximum Gasteiger partial charge on any atom is 0.256 e. The molecule has 0 saturated carbocycles. The van der Waals surface area contributed by atoms with Gasteiger partial charge in [0.2, 0.25) is 0 Å². The average Bonchev–Trinajstić information content (AvgIpc) is 2.84. The summed E-state index contributed by atoms with van der Waals surface area (Å²) in [6.45, 7) is 5.10. The number of nitrogens with zero attached hydrogens (tertiary/aromatic N) is 2. The monoisotopic (exact) mass is 284 g/mol. The van der Waals surface area contributed by atoms with E-state index in [0.29, 0.717) is 17.3 Å². The number of rotatable bonds is 2. The van der Waals surface area contributed by atoms with Crippen LogP contribution in [0.4, 0.5) is 5.82 Å². The van der Waals surface area contributed by atoms with Gasteiger partial charge in [0.15, 0.2) is 0 Å². The van der Waals surface area contributed by atoms with E-state index in [1.54, 1.807) is 6.20 Å². The molecule has 5 nitrogen and oxygen atoms in total. The first-order valence-electron chi connectivity index (χ1n) is 7.27. The number of hydrogen-bond donors (Lipinski definition) is 2. The maximum atomic E-state index is 12.9. The molecule has 1 amide bonds. The van der Waals surface area contributed by atoms with Gasteiger partial charge in [0, 0.05) is 24.2 Å². The molecular formula is C16H20N4O. The molecule has 0 bridgehead atoms. The summed E-state index contributed by atoms with van der Waals surface area (Å²) < 4.78 is 0. The van der Waals surface area contributed by atoms with Gasteiger partial charge in [0.25, 0.3) is 5.91 Å². The highest BCUT2D eigenvalue weighted by molar-refractivity contribution is 6.09. The van der Waals surface area contributed by atoms with Crippen LogP contribution in [0, 0.1) is 5.92 Å². The largest absolute Gasteiger partial charge is 0.336 e. The number of carbonyl (C=O) groups is 1. The first-order chi connectivity index (χ1) is 10.1. The van der Waals surface area contributed by atoms with Crippen molar-refractivity contribution in [2.24, 2.45) is 11.8 Å². The van der Waals surface area contributed by atoms with Gasteiger partial charge in [-0.15, -0.1) is 0 Å². The normalized spacial score (nSPS) is 21.8. The number of nitrogen functional groups attached to an aromatic ring is 1. The summed E-state index contributed by atoms with van der Waals surface area (Å²) in [5.74, 6) is 6.69. The van der Waals surface area contributed by atoms with Crippen LogP contribution in [0.3, 0.4) is 0 Å². The van der Waals surface area contributed by atoms with E-state index in [4.69, 9.17) is 5.84 Å². The van der Waals surface area contributed by atoms with Gasteiger partial charge in [0.1, 0.15) is 5.82 Å². The van der Waals surface area contributed by atoms with Crippen LogP contribution in [-0.4, -0.2) is 28.4 Å². The zero-order valence-corrected chi connectivity index (χ0v) is 12.3. The molecule has 2 aromatic rings. The van der Waals surface area contributed by atoms with Crippen LogP contribution in [0.1, 0.15) is 30.6 Å². The fourth-order valence-corrected chi connectivity index (χ4v) is 3.22. The lowest BCUT2D eigenvalue weighted by molar-refractivity contribution is 0.0745. The molecule has 3 N–H and O–H groups in total. The zero-order valence-electron chi connectivity index (χ0n) is 12.3.